The number of hydrogen-bond acceptors (Lipinski definition) is 2. The Labute approximate surface area is 143 Å². The van der Waals surface area contributed by atoms with E-state index in [-0.39, 0.29) is 6.61 Å². The van der Waals surface area contributed by atoms with Gasteiger partial charge in [-0.05, 0) is 36.2 Å². The van der Waals surface area contributed by atoms with Gasteiger partial charge in [0.05, 0.1) is 16.4 Å². The molecular weight excluding hydrogens is 368 g/mol. The highest BCUT2D eigenvalue weighted by molar-refractivity contribution is 9.10. The van der Waals surface area contributed by atoms with Crippen LogP contribution < -0.4 is 0 Å². The van der Waals surface area contributed by atoms with E-state index in [0.29, 0.717) is 11.4 Å². The summed E-state index contributed by atoms with van der Waals surface area (Å²) < 4.78 is 0.535. The summed E-state index contributed by atoms with van der Waals surface area (Å²) in [6, 6.07) is 15.7. The summed E-state index contributed by atoms with van der Waals surface area (Å²) in [6.45, 7) is 3.84. The highest BCUT2D eigenvalue weighted by Gasteiger charge is 2.32. The molecule has 110 valence electrons. The fourth-order valence-electron chi connectivity index (χ4n) is 2.13. The molecule has 0 aliphatic rings. The Morgan fingerprint density at radius 2 is 1.86 bits per heavy atom. The number of aliphatic hydroxyl groups is 1. The zero-order valence-corrected chi connectivity index (χ0v) is 14.6. The number of halogens is 2. The summed E-state index contributed by atoms with van der Waals surface area (Å²) in [6.07, 6.45) is 2.49. The molecule has 1 N–H and O–H groups in total. The summed E-state index contributed by atoms with van der Waals surface area (Å²) in [4.78, 5) is 0.956. The van der Waals surface area contributed by atoms with Crippen LogP contribution in [-0.4, -0.2) is 11.7 Å². The first-order valence-corrected chi connectivity index (χ1v) is 8.51. The van der Waals surface area contributed by atoms with Crippen molar-refractivity contribution in [2.24, 2.45) is 0 Å². The normalized spacial score (nSPS) is 13.7. The number of benzene rings is 2. The second-order valence-electron chi connectivity index (χ2n) is 4.68. The van der Waals surface area contributed by atoms with Gasteiger partial charge < -0.3 is 5.11 Å². The summed E-state index contributed by atoms with van der Waals surface area (Å²) in [5.74, 6) is 0. The lowest BCUT2D eigenvalue weighted by Crippen LogP contribution is -2.26. The molecule has 0 bridgehead atoms. The SMILES string of the molecule is C=CCC(CO)(Sc1ccccc1Cl)c1ccc(Br)cc1. The van der Waals surface area contributed by atoms with E-state index in [0.717, 1.165) is 14.9 Å². The monoisotopic (exact) mass is 382 g/mol. The van der Waals surface area contributed by atoms with E-state index in [2.05, 4.69) is 22.5 Å². The Morgan fingerprint density at radius 3 is 2.43 bits per heavy atom. The highest BCUT2D eigenvalue weighted by atomic mass is 79.9. The smallest absolute Gasteiger partial charge is 0.0720 e. The van der Waals surface area contributed by atoms with Gasteiger partial charge in [0.25, 0.3) is 0 Å². The Kier molecular flexibility index (Phi) is 5.94. The summed E-state index contributed by atoms with van der Waals surface area (Å²) in [5, 5.41) is 10.8. The van der Waals surface area contributed by atoms with Crippen molar-refractivity contribution in [3.8, 4) is 0 Å². The maximum atomic E-state index is 10.1. The molecule has 21 heavy (non-hydrogen) atoms. The molecule has 4 heteroatoms. The van der Waals surface area contributed by atoms with Crippen molar-refractivity contribution in [3.63, 3.8) is 0 Å². The molecule has 0 aliphatic heterocycles. The third-order valence-corrected chi connectivity index (χ3v) is 5.71. The Balaban J connectivity index is 2.43. The van der Waals surface area contributed by atoms with Gasteiger partial charge in [-0.15, -0.1) is 18.3 Å². The third kappa shape index (κ3) is 3.92. The number of rotatable bonds is 6. The van der Waals surface area contributed by atoms with Crippen molar-refractivity contribution in [2.75, 3.05) is 6.61 Å². The van der Waals surface area contributed by atoms with E-state index in [1.807, 2.05) is 54.6 Å². The van der Waals surface area contributed by atoms with Crippen molar-refractivity contribution >= 4 is 39.3 Å². The lowest BCUT2D eigenvalue weighted by Gasteiger charge is -2.31. The number of hydrogen-bond donors (Lipinski definition) is 1. The van der Waals surface area contributed by atoms with Gasteiger partial charge in [0.15, 0.2) is 0 Å². The standard InChI is InChI=1S/C17H16BrClOS/c1-2-11-17(12-20,13-7-9-14(18)10-8-13)21-16-6-4-3-5-15(16)19/h2-10,20H,1,11-12H2. The van der Waals surface area contributed by atoms with Gasteiger partial charge in [-0.25, -0.2) is 0 Å². The van der Waals surface area contributed by atoms with E-state index < -0.39 is 4.75 Å². The van der Waals surface area contributed by atoms with E-state index in [9.17, 15) is 5.11 Å². The first-order chi connectivity index (χ1) is 10.1. The Morgan fingerprint density at radius 1 is 1.19 bits per heavy atom. The molecule has 0 heterocycles. The molecule has 0 radical (unpaired) electrons. The molecule has 1 nitrogen and oxygen atoms in total. The Hall–Kier alpha value is -0.740. The topological polar surface area (TPSA) is 20.2 Å². The van der Waals surface area contributed by atoms with Crippen LogP contribution in [0.3, 0.4) is 0 Å². The van der Waals surface area contributed by atoms with Gasteiger partial charge in [0, 0.05) is 9.37 Å². The molecule has 0 amide bonds. The first kappa shape index (κ1) is 16.6. The minimum Gasteiger partial charge on any atom is -0.395 e. The van der Waals surface area contributed by atoms with Crippen LogP contribution in [0.2, 0.25) is 5.02 Å². The maximum Gasteiger partial charge on any atom is 0.0720 e. The molecule has 0 aromatic heterocycles. The van der Waals surface area contributed by atoms with Gasteiger partial charge in [-0.1, -0.05) is 57.9 Å². The minimum absolute atomic E-state index is 0.0105. The first-order valence-electron chi connectivity index (χ1n) is 6.52. The molecule has 0 saturated heterocycles. The fraction of sp³-hybridized carbons (Fsp3) is 0.176. The van der Waals surface area contributed by atoms with Crippen LogP contribution >= 0.6 is 39.3 Å². The lowest BCUT2D eigenvalue weighted by atomic mass is 9.95. The van der Waals surface area contributed by atoms with Gasteiger partial charge in [0.2, 0.25) is 0 Å². The largest absolute Gasteiger partial charge is 0.395 e. The highest BCUT2D eigenvalue weighted by Crippen LogP contribution is 2.46. The van der Waals surface area contributed by atoms with Gasteiger partial charge in [-0.3, -0.25) is 0 Å². The molecule has 2 rings (SSSR count). The molecule has 0 fully saturated rings. The zero-order chi connectivity index (χ0) is 15.3. The molecule has 2 aromatic rings. The molecule has 2 aromatic carbocycles. The van der Waals surface area contributed by atoms with Gasteiger partial charge in [0.1, 0.15) is 0 Å². The van der Waals surface area contributed by atoms with Crippen molar-refractivity contribution in [1.29, 1.82) is 0 Å². The number of allylic oxidation sites excluding steroid dienone is 1. The van der Waals surface area contributed by atoms with Crippen molar-refractivity contribution in [1.82, 2.24) is 0 Å². The summed E-state index contributed by atoms with van der Waals surface area (Å²) in [5.41, 5.74) is 1.05. The summed E-state index contributed by atoms with van der Waals surface area (Å²) in [7, 11) is 0. The molecule has 1 atom stereocenters. The second kappa shape index (κ2) is 7.50. The van der Waals surface area contributed by atoms with Crippen LogP contribution in [-0.2, 0) is 4.75 Å². The van der Waals surface area contributed by atoms with E-state index in [1.165, 1.54) is 0 Å². The predicted molar refractivity (Wildman–Crippen MR) is 95.0 cm³/mol. The molecule has 0 spiro atoms. The fourth-order valence-corrected chi connectivity index (χ4v) is 3.90. The second-order valence-corrected chi connectivity index (χ2v) is 7.43. The van der Waals surface area contributed by atoms with Crippen LogP contribution in [0.25, 0.3) is 0 Å². The van der Waals surface area contributed by atoms with Crippen molar-refractivity contribution < 1.29 is 5.11 Å². The quantitative estimate of drug-likeness (QED) is 0.513. The van der Waals surface area contributed by atoms with Crippen LogP contribution in [0.1, 0.15) is 12.0 Å². The average Bonchev–Trinajstić information content (AvgIpc) is 2.50. The van der Waals surface area contributed by atoms with Gasteiger partial charge in [-0.2, -0.15) is 0 Å². The summed E-state index contributed by atoms with van der Waals surface area (Å²) >= 11 is 11.3. The van der Waals surface area contributed by atoms with Crippen molar-refractivity contribution in [2.45, 2.75) is 16.1 Å². The van der Waals surface area contributed by atoms with E-state index in [1.54, 1.807) is 11.8 Å². The molecule has 0 saturated carbocycles. The zero-order valence-electron chi connectivity index (χ0n) is 11.4. The van der Waals surface area contributed by atoms with Crippen LogP contribution in [0.4, 0.5) is 0 Å². The lowest BCUT2D eigenvalue weighted by molar-refractivity contribution is 0.249. The van der Waals surface area contributed by atoms with Crippen LogP contribution in [0.15, 0.2) is 70.6 Å². The van der Waals surface area contributed by atoms with E-state index in [4.69, 9.17) is 11.6 Å². The number of thioether (sulfide) groups is 1. The molecule has 0 aliphatic carbocycles. The Bertz CT molecular complexity index is 614. The predicted octanol–water partition coefficient (Wildman–Crippen LogP) is 5.66. The molecular formula is C17H16BrClOS. The average molecular weight is 384 g/mol. The third-order valence-electron chi connectivity index (χ3n) is 3.24. The van der Waals surface area contributed by atoms with Crippen LogP contribution in [0.5, 0.6) is 0 Å². The minimum atomic E-state index is -0.479. The molecule has 1 unspecified atom stereocenters. The maximum absolute atomic E-state index is 10.1. The van der Waals surface area contributed by atoms with Crippen LogP contribution in [0, 0.1) is 0 Å². The van der Waals surface area contributed by atoms with E-state index >= 15 is 0 Å². The van der Waals surface area contributed by atoms with Crippen molar-refractivity contribution in [3.05, 3.63) is 76.2 Å². The number of aliphatic hydroxyl groups excluding tert-OH is 1. The van der Waals surface area contributed by atoms with Gasteiger partial charge >= 0.3 is 0 Å².